The number of halogens is 2. The first-order valence-corrected chi connectivity index (χ1v) is 9.79. The molecule has 1 N–H and O–H groups in total. The van der Waals surface area contributed by atoms with Crippen molar-refractivity contribution in [3.8, 4) is 0 Å². The van der Waals surface area contributed by atoms with Crippen LogP contribution in [0, 0.1) is 5.82 Å². The third kappa shape index (κ3) is 5.91. The number of hydrogen-bond donors (Lipinski definition) is 1. The zero-order valence-corrected chi connectivity index (χ0v) is 16.0. The number of amides is 1. The van der Waals surface area contributed by atoms with Gasteiger partial charge in [0.1, 0.15) is 5.82 Å². The highest BCUT2D eigenvalue weighted by Gasteiger charge is 2.15. The van der Waals surface area contributed by atoms with Gasteiger partial charge in [0.15, 0.2) is 0 Å². The van der Waals surface area contributed by atoms with Crippen LogP contribution in [0.3, 0.4) is 0 Å². The van der Waals surface area contributed by atoms with Crippen LogP contribution < -0.4 is 4.72 Å². The Labute approximate surface area is 155 Å². The van der Waals surface area contributed by atoms with E-state index in [4.69, 9.17) is 0 Å². The van der Waals surface area contributed by atoms with Crippen LogP contribution >= 0.6 is 15.9 Å². The summed E-state index contributed by atoms with van der Waals surface area (Å²) >= 11 is 3.35. The molecule has 0 bridgehead atoms. The topological polar surface area (TPSA) is 66.5 Å². The van der Waals surface area contributed by atoms with Crippen molar-refractivity contribution in [3.63, 3.8) is 0 Å². The average Bonchev–Trinajstić information content (AvgIpc) is 2.57. The molecule has 2 aromatic rings. The highest BCUT2D eigenvalue weighted by atomic mass is 79.9. The molecular formula is C17H18BrFN2O3S. The van der Waals surface area contributed by atoms with Crippen molar-refractivity contribution in [2.75, 3.05) is 13.6 Å². The molecule has 2 rings (SSSR count). The maximum absolute atomic E-state index is 12.9. The van der Waals surface area contributed by atoms with E-state index in [0.29, 0.717) is 6.54 Å². The number of carbonyl (C=O) groups is 1. The Balaban J connectivity index is 1.84. The lowest BCUT2D eigenvalue weighted by atomic mass is 10.2. The van der Waals surface area contributed by atoms with Gasteiger partial charge in [-0.1, -0.05) is 28.1 Å². The van der Waals surface area contributed by atoms with Crippen LogP contribution in [0.1, 0.15) is 12.0 Å². The largest absolute Gasteiger partial charge is 0.341 e. The first-order chi connectivity index (χ1) is 11.8. The molecule has 0 aliphatic carbocycles. The molecule has 5 nitrogen and oxygen atoms in total. The van der Waals surface area contributed by atoms with Gasteiger partial charge in [-0.05, 0) is 42.0 Å². The molecule has 2 aromatic carbocycles. The van der Waals surface area contributed by atoms with E-state index in [-0.39, 0.29) is 23.8 Å². The summed E-state index contributed by atoms with van der Waals surface area (Å²) in [5.74, 6) is -0.687. The highest BCUT2D eigenvalue weighted by molar-refractivity contribution is 9.10. The van der Waals surface area contributed by atoms with Crippen molar-refractivity contribution in [3.05, 3.63) is 64.4 Å². The Bertz CT molecular complexity index is 824. The third-order valence-corrected chi connectivity index (χ3v) is 5.52. The van der Waals surface area contributed by atoms with E-state index in [9.17, 15) is 17.6 Å². The molecular weight excluding hydrogens is 411 g/mol. The summed E-state index contributed by atoms with van der Waals surface area (Å²) in [6.45, 7) is 0.417. The number of carbonyl (C=O) groups excluding carboxylic acids is 1. The van der Waals surface area contributed by atoms with E-state index in [1.54, 1.807) is 7.05 Å². The van der Waals surface area contributed by atoms with Crippen molar-refractivity contribution < 1.29 is 17.6 Å². The second kappa shape index (κ2) is 8.55. The van der Waals surface area contributed by atoms with Crippen LogP contribution in [0.4, 0.5) is 4.39 Å². The number of rotatable bonds is 7. The minimum atomic E-state index is -3.75. The van der Waals surface area contributed by atoms with Crippen molar-refractivity contribution in [1.82, 2.24) is 9.62 Å². The smallest absolute Gasteiger partial charge is 0.240 e. The van der Waals surface area contributed by atoms with E-state index in [0.717, 1.165) is 22.2 Å². The van der Waals surface area contributed by atoms with Crippen LogP contribution in [0.5, 0.6) is 0 Å². The molecule has 0 fully saturated rings. The number of hydrogen-bond acceptors (Lipinski definition) is 3. The molecule has 1 amide bonds. The zero-order valence-electron chi connectivity index (χ0n) is 13.6. The second-order valence-electron chi connectivity index (χ2n) is 5.48. The molecule has 134 valence electrons. The second-order valence-corrected chi connectivity index (χ2v) is 8.16. The normalized spacial score (nSPS) is 11.3. The first kappa shape index (κ1) is 19.6. The molecule has 0 aliphatic heterocycles. The van der Waals surface area contributed by atoms with E-state index in [2.05, 4.69) is 20.7 Å². The Morgan fingerprint density at radius 1 is 1.12 bits per heavy atom. The standard InChI is InChI=1S/C17H18BrFN2O3S/c1-21(12-13-2-4-14(18)5-3-13)17(22)10-11-20-25(23,24)16-8-6-15(19)7-9-16/h2-9,20H,10-12H2,1H3. The van der Waals surface area contributed by atoms with Gasteiger partial charge in [-0.2, -0.15) is 0 Å². The lowest BCUT2D eigenvalue weighted by molar-refractivity contribution is -0.130. The fourth-order valence-corrected chi connectivity index (χ4v) is 3.43. The molecule has 0 spiro atoms. The summed E-state index contributed by atoms with van der Waals surface area (Å²) in [4.78, 5) is 13.6. The molecule has 0 saturated heterocycles. The molecule has 0 saturated carbocycles. The van der Waals surface area contributed by atoms with Crippen molar-refractivity contribution in [2.45, 2.75) is 17.9 Å². The molecule has 0 radical (unpaired) electrons. The number of sulfonamides is 1. The fourth-order valence-electron chi connectivity index (χ4n) is 2.13. The predicted molar refractivity (Wildman–Crippen MR) is 96.8 cm³/mol. The number of benzene rings is 2. The van der Waals surface area contributed by atoms with Crippen LogP contribution in [0.25, 0.3) is 0 Å². The summed E-state index contributed by atoms with van der Waals surface area (Å²) in [6, 6.07) is 12.1. The Hall–Kier alpha value is -1.77. The summed E-state index contributed by atoms with van der Waals surface area (Å²) in [6.07, 6.45) is 0.0352. The van der Waals surface area contributed by atoms with Gasteiger partial charge >= 0.3 is 0 Å². The highest BCUT2D eigenvalue weighted by Crippen LogP contribution is 2.12. The third-order valence-electron chi connectivity index (χ3n) is 3.51. The Morgan fingerprint density at radius 2 is 1.72 bits per heavy atom. The van der Waals surface area contributed by atoms with Gasteiger partial charge in [0.25, 0.3) is 0 Å². The average molecular weight is 429 g/mol. The molecule has 0 heterocycles. The van der Waals surface area contributed by atoms with Gasteiger partial charge in [0.2, 0.25) is 15.9 Å². The summed E-state index contributed by atoms with van der Waals surface area (Å²) in [5, 5.41) is 0. The van der Waals surface area contributed by atoms with Gasteiger partial charge in [-0.25, -0.2) is 17.5 Å². The van der Waals surface area contributed by atoms with Crippen molar-refractivity contribution >= 4 is 31.9 Å². The zero-order chi connectivity index (χ0) is 18.4. The van der Waals surface area contributed by atoms with Gasteiger partial charge < -0.3 is 4.90 Å². The lowest BCUT2D eigenvalue weighted by Crippen LogP contribution is -2.31. The maximum atomic E-state index is 12.9. The molecule has 25 heavy (non-hydrogen) atoms. The first-order valence-electron chi connectivity index (χ1n) is 7.51. The number of nitrogens with one attached hydrogen (secondary N) is 1. The van der Waals surface area contributed by atoms with Gasteiger partial charge in [-0.3, -0.25) is 4.79 Å². The van der Waals surface area contributed by atoms with Gasteiger partial charge in [0, 0.05) is 31.0 Å². The molecule has 0 aromatic heterocycles. The van der Waals surface area contributed by atoms with Crippen LogP contribution in [0.2, 0.25) is 0 Å². The summed E-state index contributed by atoms with van der Waals surface area (Å²) < 4.78 is 40.3. The summed E-state index contributed by atoms with van der Waals surface area (Å²) in [7, 11) is -2.09. The van der Waals surface area contributed by atoms with Gasteiger partial charge in [0.05, 0.1) is 4.90 Å². The minimum absolute atomic E-state index is 0.0246. The summed E-state index contributed by atoms with van der Waals surface area (Å²) in [5.41, 5.74) is 0.978. The monoisotopic (exact) mass is 428 g/mol. The minimum Gasteiger partial charge on any atom is -0.341 e. The Morgan fingerprint density at radius 3 is 2.32 bits per heavy atom. The molecule has 0 aliphatic rings. The van der Waals surface area contributed by atoms with Gasteiger partial charge in [-0.15, -0.1) is 0 Å². The van der Waals surface area contributed by atoms with Crippen LogP contribution in [-0.2, 0) is 21.4 Å². The molecule has 0 unspecified atom stereocenters. The SMILES string of the molecule is CN(Cc1ccc(Br)cc1)C(=O)CCNS(=O)(=O)c1ccc(F)cc1. The van der Waals surface area contributed by atoms with Crippen molar-refractivity contribution in [2.24, 2.45) is 0 Å². The Kier molecular flexibility index (Phi) is 6.69. The lowest BCUT2D eigenvalue weighted by Gasteiger charge is -2.17. The van der Waals surface area contributed by atoms with E-state index >= 15 is 0 Å². The fraction of sp³-hybridized carbons (Fsp3) is 0.235. The molecule has 0 atom stereocenters. The van der Waals surface area contributed by atoms with E-state index in [1.807, 2.05) is 24.3 Å². The quantitative estimate of drug-likeness (QED) is 0.736. The van der Waals surface area contributed by atoms with E-state index < -0.39 is 15.8 Å². The maximum Gasteiger partial charge on any atom is 0.240 e. The molecule has 8 heteroatoms. The van der Waals surface area contributed by atoms with Crippen molar-refractivity contribution in [1.29, 1.82) is 0 Å². The number of nitrogens with zero attached hydrogens (tertiary/aromatic N) is 1. The van der Waals surface area contributed by atoms with Crippen LogP contribution in [-0.4, -0.2) is 32.8 Å². The predicted octanol–water partition coefficient (Wildman–Crippen LogP) is 2.92. The van der Waals surface area contributed by atoms with Crippen LogP contribution in [0.15, 0.2) is 57.9 Å². The van der Waals surface area contributed by atoms with E-state index in [1.165, 1.54) is 17.0 Å².